The Bertz CT molecular complexity index is 995. The molecule has 1 saturated carbocycles. The van der Waals surface area contributed by atoms with Crippen molar-refractivity contribution in [3.8, 4) is 11.5 Å². The first-order chi connectivity index (χ1) is 14.3. The Balaban J connectivity index is 1.56. The molecule has 1 aromatic carbocycles. The number of hydrogen-bond acceptors (Lipinski definition) is 6. The summed E-state index contributed by atoms with van der Waals surface area (Å²) in [6, 6.07) is 5.08. The summed E-state index contributed by atoms with van der Waals surface area (Å²) in [6.45, 7) is 0. The standard InChI is InChI=1S/C19H16F5N5O/c20-14(21)16-29-28-15(30-16)11-9-25-17(26-10-11)27-18(7-1-2-8-18)12-3-5-13(6-4-12)19(22,23)24/h3-6,9-10,14H,1-2,7-8H2,(H,25,26,27). The minimum absolute atomic E-state index is 0.129. The van der Waals surface area contributed by atoms with E-state index < -0.39 is 29.6 Å². The van der Waals surface area contributed by atoms with Gasteiger partial charge >= 0.3 is 12.6 Å². The SMILES string of the molecule is FC(F)c1nnc(-c2cnc(NC3(c4ccc(C(F)(F)F)cc4)CCCC3)nc2)o1. The van der Waals surface area contributed by atoms with Crippen LogP contribution in [0.3, 0.4) is 0 Å². The zero-order valence-corrected chi connectivity index (χ0v) is 15.5. The lowest BCUT2D eigenvalue weighted by Crippen LogP contribution is -2.33. The monoisotopic (exact) mass is 425 g/mol. The topological polar surface area (TPSA) is 76.7 Å². The molecule has 0 aliphatic heterocycles. The number of benzene rings is 1. The second-order valence-electron chi connectivity index (χ2n) is 7.03. The molecule has 0 saturated heterocycles. The summed E-state index contributed by atoms with van der Waals surface area (Å²) in [5.74, 6) is -0.663. The lowest BCUT2D eigenvalue weighted by Gasteiger charge is -2.31. The fraction of sp³-hybridized carbons (Fsp3) is 0.368. The average molecular weight is 425 g/mol. The molecule has 6 nitrogen and oxygen atoms in total. The Morgan fingerprint density at radius 1 is 0.967 bits per heavy atom. The van der Waals surface area contributed by atoms with Gasteiger partial charge in [-0.25, -0.2) is 9.97 Å². The summed E-state index contributed by atoms with van der Waals surface area (Å²) in [6.07, 6.45) is -1.32. The molecule has 1 aliphatic rings. The van der Waals surface area contributed by atoms with E-state index in [9.17, 15) is 22.0 Å². The van der Waals surface area contributed by atoms with E-state index in [0.29, 0.717) is 12.8 Å². The van der Waals surface area contributed by atoms with E-state index in [1.54, 1.807) is 0 Å². The maximum absolute atomic E-state index is 12.9. The zero-order chi connectivity index (χ0) is 21.4. The van der Waals surface area contributed by atoms with Crippen molar-refractivity contribution in [1.29, 1.82) is 0 Å². The third kappa shape index (κ3) is 3.96. The van der Waals surface area contributed by atoms with Gasteiger partial charge in [0.05, 0.1) is 16.7 Å². The number of nitrogens with one attached hydrogen (secondary N) is 1. The summed E-state index contributed by atoms with van der Waals surface area (Å²) >= 11 is 0. The van der Waals surface area contributed by atoms with Crippen molar-refractivity contribution < 1.29 is 26.4 Å². The molecule has 1 N–H and O–H groups in total. The highest BCUT2D eigenvalue weighted by Crippen LogP contribution is 2.42. The Labute approximate surface area is 167 Å². The molecule has 0 bridgehead atoms. The van der Waals surface area contributed by atoms with Crippen LogP contribution in [0.25, 0.3) is 11.5 Å². The van der Waals surface area contributed by atoms with Gasteiger partial charge in [0.1, 0.15) is 0 Å². The minimum Gasteiger partial charge on any atom is -0.415 e. The Kier molecular flexibility index (Phi) is 5.12. The van der Waals surface area contributed by atoms with Crippen LogP contribution in [0.4, 0.5) is 27.9 Å². The quantitative estimate of drug-likeness (QED) is 0.555. The van der Waals surface area contributed by atoms with Crippen LogP contribution in [-0.4, -0.2) is 20.2 Å². The number of aromatic nitrogens is 4. The van der Waals surface area contributed by atoms with Crippen LogP contribution in [0, 0.1) is 0 Å². The normalized spacial score (nSPS) is 16.2. The van der Waals surface area contributed by atoms with Crippen molar-refractivity contribution in [2.75, 3.05) is 5.32 Å². The summed E-state index contributed by atoms with van der Waals surface area (Å²) in [5.41, 5.74) is -0.296. The molecule has 2 aromatic heterocycles. The number of alkyl halides is 5. The molecule has 158 valence electrons. The van der Waals surface area contributed by atoms with Crippen molar-refractivity contribution in [1.82, 2.24) is 20.2 Å². The lowest BCUT2D eigenvalue weighted by molar-refractivity contribution is -0.137. The van der Waals surface area contributed by atoms with Gasteiger partial charge in [-0.3, -0.25) is 0 Å². The fourth-order valence-electron chi connectivity index (χ4n) is 3.60. The van der Waals surface area contributed by atoms with Crippen molar-refractivity contribution in [3.05, 3.63) is 53.7 Å². The number of nitrogens with zero attached hydrogens (tertiary/aromatic N) is 4. The number of hydrogen-bond donors (Lipinski definition) is 1. The highest BCUT2D eigenvalue weighted by atomic mass is 19.4. The van der Waals surface area contributed by atoms with Crippen LogP contribution in [0.5, 0.6) is 0 Å². The van der Waals surface area contributed by atoms with E-state index >= 15 is 0 Å². The van der Waals surface area contributed by atoms with Crippen LogP contribution < -0.4 is 5.32 Å². The summed E-state index contributed by atoms with van der Waals surface area (Å²) in [4.78, 5) is 8.37. The molecule has 0 atom stereocenters. The van der Waals surface area contributed by atoms with E-state index in [4.69, 9.17) is 4.42 Å². The minimum atomic E-state index is -4.40. The van der Waals surface area contributed by atoms with Crippen LogP contribution >= 0.6 is 0 Å². The second-order valence-corrected chi connectivity index (χ2v) is 7.03. The molecule has 1 aliphatic carbocycles. The van der Waals surface area contributed by atoms with Gasteiger partial charge in [0.15, 0.2) is 0 Å². The predicted molar refractivity (Wildman–Crippen MR) is 95.5 cm³/mol. The maximum atomic E-state index is 12.9. The van der Waals surface area contributed by atoms with Crippen molar-refractivity contribution in [2.24, 2.45) is 0 Å². The number of anilines is 1. The van der Waals surface area contributed by atoms with Crippen LogP contribution in [0.2, 0.25) is 0 Å². The molecule has 0 unspecified atom stereocenters. The number of halogens is 5. The Hall–Kier alpha value is -3.11. The third-order valence-electron chi connectivity index (χ3n) is 5.10. The van der Waals surface area contributed by atoms with E-state index in [1.807, 2.05) is 0 Å². The van der Waals surface area contributed by atoms with Gasteiger partial charge in [-0.2, -0.15) is 22.0 Å². The van der Waals surface area contributed by atoms with Gasteiger partial charge in [-0.05, 0) is 30.5 Å². The lowest BCUT2D eigenvalue weighted by atomic mass is 9.87. The van der Waals surface area contributed by atoms with E-state index in [-0.39, 0.29) is 17.4 Å². The molecule has 0 spiro atoms. The first-order valence-corrected chi connectivity index (χ1v) is 9.17. The molecular weight excluding hydrogens is 409 g/mol. The highest BCUT2D eigenvalue weighted by molar-refractivity contribution is 5.51. The molecule has 3 aromatic rings. The molecule has 2 heterocycles. The van der Waals surface area contributed by atoms with Gasteiger partial charge in [-0.1, -0.05) is 25.0 Å². The van der Waals surface area contributed by atoms with Gasteiger partial charge in [0.25, 0.3) is 11.8 Å². The second kappa shape index (κ2) is 7.62. The van der Waals surface area contributed by atoms with E-state index in [2.05, 4.69) is 25.5 Å². The molecular formula is C19H16F5N5O. The maximum Gasteiger partial charge on any atom is 0.416 e. The van der Waals surface area contributed by atoms with Gasteiger partial charge in [-0.15, -0.1) is 10.2 Å². The van der Waals surface area contributed by atoms with Crippen LogP contribution in [0.1, 0.15) is 49.1 Å². The molecule has 0 amide bonds. The number of rotatable bonds is 5. The van der Waals surface area contributed by atoms with Crippen LogP contribution in [0.15, 0.2) is 41.1 Å². The molecule has 0 radical (unpaired) electrons. The van der Waals surface area contributed by atoms with Crippen molar-refractivity contribution >= 4 is 5.95 Å². The fourth-order valence-corrected chi connectivity index (χ4v) is 3.60. The molecule has 1 fully saturated rings. The third-order valence-corrected chi connectivity index (χ3v) is 5.10. The first kappa shape index (κ1) is 20.2. The summed E-state index contributed by atoms with van der Waals surface area (Å²) in [7, 11) is 0. The van der Waals surface area contributed by atoms with E-state index in [0.717, 1.165) is 30.5 Å². The smallest absolute Gasteiger partial charge is 0.415 e. The Morgan fingerprint density at radius 2 is 1.60 bits per heavy atom. The predicted octanol–water partition coefficient (Wildman–Crippen LogP) is 5.36. The summed E-state index contributed by atoms with van der Waals surface area (Å²) in [5, 5.41) is 10.0. The first-order valence-electron chi connectivity index (χ1n) is 9.17. The molecule has 11 heteroatoms. The average Bonchev–Trinajstić information content (AvgIpc) is 3.39. The van der Waals surface area contributed by atoms with E-state index in [1.165, 1.54) is 24.5 Å². The highest BCUT2D eigenvalue weighted by Gasteiger charge is 2.37. The Morgan fingerprint density at radius 3 is 2.13 bits per heavy atom. The van der Waals surface area contributed by atoms with Crippen molar-refractivity contribution in [3.63, 3.8) is 0 Å². The zero-order valence-electron chi connectivity index (χ0n) is 15.5. The largest absolute Gasteiger partial charge is 0.416 e. The molecule has 30 heavy (non-hydrogen) atoms. The van der Waals surface area contributed by atoms with Gasteiger partial charge < -0.3 is 9.73 Å². The summed E-state index contributed by atoms with van der Waals surface area (Å²) < 4.78 is 68.6. The van der Waals surface area contributed by atoms with Crippen LogP contribution in [-0.2, 0) is 11.7 Å². The van der Waals surface area contributed by atoms with Gasteiger partial charge in [0, 0.05) is 12.4 Å². The van der Waals surface area contributed by atoms with Crippen molar-refractivity contribution in [2.45, 2.75) is 43.8 Å². The molecule has 4 rings (SSSR count). The van der Waals surface area contributed by atoms with Gasteiger partial charge in [0.2, 0.25) is 5.95 Å².